The first-order valence-corrected chi connectivity index (χ1v) is 6.55. The summed E-state index contributed by atoms with van der Waals surface area (Å²) in [4.78, 5) is 23.8. The van der Waals surface area contributed by atoms with Crippen LogP contribution in [0.15, 0.2) is 18.2 Å². The van der Waals surface area contributed by atoms with Crippen molar-refractivity contribution in [2.45, 2.75) is 18.9 Å². The lowest BCUT2D eigenvalue weighted by Crippen LogP contribution is -2.45. The zero-order valence-corrected chi connectivity index (χ0v) is 10.7. The summed E-state index contributed by atoms with van der Waals surface area (Å²) in [6.45, 7) is 1.19. The molecule has 1 N–H and O–H groups in total. The van der Waals surface area contributed by atoms with Gasteiger partial charge in [0.2, 0.25) is 5.91 Å². The highest BCUT2D eigenvalue weighted by Crippen LogP contribution is 2.33. The number of nitrogens with one attached hydrogen (secondary N) is 1. The maximum absolute atomic E-state index is 13.5. The Hall–Kier alpha value is -2.18. The molecular weight excluding hydrogens is 265 g/mol. The molecule has 2 aliphatic rings. The highest BCUT2D eigenvalue weighted by Gasteiger charge is 2.41. The van der Waals surface area contributed by atoms with Gasteiger partial charge in [-0.25, -0.2) is 4.39 Å². The number of nitro groups is 1. The Balaban J connectivity index is 1.95. The van der Waals surface area contributed by atoms with E-state index >= 15 is 0 Å². The monoisotopic (exact) mass is 279 g/mol. The molecule has 2 atom stereocenters. The summed E-state index contributed by atoms with van der Waals surface area (Å²) in [6.07, 6.45) is 1.63. The zero-order chi connectivity index (χ0) is 14.3. The molecule has 3 rings (SSSR count). The van der Waals surface area contributed by atoms with Crippen molar-refractivity contribution in [3.63, 3.8) is 0 Å². The standard InChI is InChI=1S/C13H14FN3O3/c14-8-4-9(6-10(5-8)17(19)20)16-3-1-2-11-12(16)7-15-13(11)18/h4-6,11-12H,1-3,7H2,(H,15,18). The quantitative estimate of drug-likeness (QED) is 0.656. The Morgan fingerprint density at radius 3 is 2.95 bits per heavy atom. The second-order valence-corrected chi connectivity index (χ2v) is 5.18. The van der Waals surface area contributed by atoms with Crippen LogP contribution in [0.4, 0.5) is 15.8 Å². The van der Waals surface area contributed by atoms with Crippen LogP contribution in [0.2, 0.25) is 0 Å². The molecule has 2 fully saturated rings. The number of piperidine rings is 1. The van der Waals surface area contributed by atoms with Crippen molar-refractivity contribution in [3.05, 3.63) is 34.1 Å². The number of anilines is 1. The summed E-state index contributed by atoms with van der Waals surface area (Å²) in [5, 5.41) is 13.6. The number of nitrogens with zero attached hydrogens (tertiary/aromatic N) is 2. The number of amides is 1. The molecule has 0 saturated carbocycles. The average Bonchev–Trinajstić information content (AvgIpc) is 2.80. The number of rotatable bonds is 2. The van der Waals surface area contributed by atoms with E-state index in [4.69, 9.17) is 0 Å². The number of fused-ring (bicyclic) bond motifs is 1. The molecule has 7 heteroatoms. The van der Waals surface area contributed by atoms with Gasteiger partial charge in [0, 0.05) is 24.8 Å². The van der Waals surface area contributed by atoms with Gasteiger partial charge in [0.1, 0.15) is 5.82 Å². The van der Waals surface area contributed by atoms with Crippen LogP contribution in [0, 0.1) is 21.8 Å². The second kappa shape index (κ2) is 4.73. The molecule has 20 heavy (non-hydrogen) atoms. The number of carbonyl (C=O) groups excluding carboxylic acids is 1. The fourth-order valence-electron chi connectivity index (χ4n) is 3.10. The minimum absolute atomic E-state index is 0.0191. The minimum Gasteiger partial charge on any atom is -0.366 e. The Labute approximate surface area is 114 Å². The van der Waals surface area contributed by atoms with Crippen molar-refractivity contribution < 1.29 is 14.1 Å². The SMILES string of the molecule is O=C1NCC2C1CCCN2c1cc(F)cc([N+](=O)[O-])c1. The number of nitro benzene ring substituents is 1. The number of non-ortho nitro benzene ring substituents is 1. The van der Waals surface area contributed by atoms with E-state index in [0.29, 0.717) is 18.8 Å². The van der Waals surface area contributed by atoms with Gasteiger partial charge in [-0.1, -0.05) is 0 Å². The third kappa shape index (κ3) is 2.09. The molecule has 106 valence electrons. The molecule has 1 aromatic rings. The van der Waals surface area contributed by atoms with Crippen molar-refractivity contribution in [2.75, 3.05) is 18.0 Å². The molecule has 6 nitrogen and oxygen atoms in total. The van der Waals surface area contributed by atoms with E-state index < -0.39 is 10.7 Å². The first-order chi connectivity index (χ1) is 9.56. The van der Waals surface area contributed by atoms with E-state index in [1.54, 1.807) is 0 Å². The van der Waals surface area contributed by atoms with Gasteiger partial charge in [0.05, 0.1) is 22.9 Å². The van der Waals surface area contributed by atoms with Gasteiger partial charge in [0.25, 0.3) is 5.69 Å². The Morgan fingerprint density at radius 1 is 1.40 bits per heavy atom. The maximum Gasteiger partial charge on any atom is 0.274 e. The van der Waals surface area contributed by atoms with Crippen LogP contribution in [0.1, 0.15) is 12.8 Å². The van der Waals surface area contributed by atoms with Crippen LogP contribution in [-0.4, -0.2) is 30.0 Å². The Morgan fingerprint density at radius 2 is 2.20 bits per heavy atom. The van der Waals surface area contributed by atoms with Crippen molar-refractivity contribution in [2.24, 2.45) is 5.92 Å². The normalized spacial score (nSPS) is 25.2. The van der Waals surface area contributed by atoms with Crippen LogP contribution < -0.4 is 10.2 Å². The summed E-state index contributed by atoms with van der Waals surface area (Å²) < 4.78 is 13.5. The van der Waals surface area contributed by atoms with E-state index in [1.807, 2.05) is 4.90 Å². The summed E-state index contributed by atoms with van der Waals surface area (Å²) in [5.74, 6) is -0.717. The molecule has 2 heterocycles. The fraction of sp³-hybridized carbons (Fsp3) is 0.462. The molecular formula is C13H14FN3O3. The first-order valence-electron chi connectivity index (χ1n) is 6.55. The molecule has 0 aliphatic carbocycles. The number of benzene rings is 1. The Kier molecular flexibility index (Phi) is 3.04. The molecule has 0 spiro atoms. The van der Waals surface area contributed by atoms with Gasteiger partial charge >= 0.3 is 0 Å². The number of halogens is 1. The fourth-order valence-corrected chi connectivity index (χ4v) is 3.10. The summed E-state index contributed by atoms with van der Waals surface area (Å²) in [6, 6.07) is 3.52. The molecule has 2 aliphatic heterocycles. The number of hydrogen-bond acceptors (Lipinski definition) is 4. The van der Waals surface area contributed by atoms with Gasteiger partial charge in [-0.3, -0.25) is 14.9 Å². The van der Waals surface area contributed by atoms with Crippen LogP contribution in [0.25, 0.3) is 0 Å². The van der Waals surface area contributed by atoms with E-state index in [2.05, 4.69) is 5.32 Å². The van der Waals surface area contributed by atoms with Crippen molar-refractivity contribution in [1.82, 2.24) is 5.32 Å². The topological polar surface area (TPSA) is 75.5 Å². The van der Waals surface area contributed by atoms with Gasteiger partial charge in [-0.2, -0.15) is 0 Å². The van der Waals surface area contributed by atoms with Crippen LogP contribution in [0.5, 0.6) is 0 Å². The highest BCUT2D eigenvalue weighted by atomic mass is 19.1. The van der Waals surface area contributed by atoms with Gasteiger partial charge in [-0.05, 0) is 18.9 Å². The predicted molar refractivity (Wildman–Crippen MR) is 69.9 cm³/mol. The lowest BCUT2D eigenvalue weighted by Gasteiger charge is -2.37. The molecule has 1 aromatic carbocycles. The summed E-state index contributed by atoms with van der Waals surface area (Å²) in [5.41, 5.74) is 0.210. The van der Waals surface area contributed by atoms with E-state index in [1.165, 1.54) is 12.1 Å². The third-order valence-electron chi connectivity index (χ3n) is 4.01. The smallest absolute Gasteiger partial charge is 0.274 e. The lowest BCUT2D eigenvalue weighted by molar-refractivity contribution is -0.385. The molecule has 2 unspecified atom stereocenters. The molecule has 0 radical (unpaired) electrons. The molecule has 0 aromatic heterocycles. The third-order valence-corrected chi connectivity index (χ3v) is 4.01. The predicted octanol–water partition coefficient (Wildman–Crippen LogP) is 1.45. The van der Waals surface area contributed by atoms with Crippen molar-refractivity contribution in [3.8, 4) is 0 Å². The number of carbonyl (C=O) groups is 1. The van der Waals surface area contributed by atoms with Crippen molar-refractivity contribution in [1.29, 1.82) is 0 Å². The first kappa shape index (κ1) is 12.8. The second-order valence-electron chi connectivity index (χ2n) is 5.18. The maximum atomic E-state index is 13.5. The van der Waals surface area contributed by atoms with Gasteiger partial charge in [0.15, 0.2) is 0 Å². The molecule has 1 amide bonds. The minimum atomic E-state index is -0.631. The molecule has 0 bridgehead atoms. The summed E-state index contributed by atoms with van der Waals surface area (Å²) in [7, 11) is 0. The van der Waals surface area contributed by atoms with E-state index in [-0.39, 0.29) is 23.6 Å². The zero-order valence-electron chi connectivity index (χ0n) is 10.7. The van der Waals surface area contributed by atoms with Gasteiger partial charge in [-0.15, -0.1) is 0 Å². The lowest BCUT2D eigenvalue weighted by atomic mass is 9.91. The molecule has 2 saturated heterocycles. The van der Waals surface area contributed by atoms with E-state index in [9.17, 15) is 19.3 Å². The Bertz CT molecular complexity index is 578. The average molecular weight is 279 g/mol. The highest BCUT2D eigenvalue weighted by molar-refractivity contribution is 5.83. The summed E-state index contributed by atoms with van der Waals surface area (Å²) >= 11 is 0. The van der Waals surface area contributed by atoms with Crippen LogP contribution in [-0.2, 0) is 4.79 Å². The van der Waals surface area contributed by atoms with E-state index in [0.717, 1.165) is 18.9 Å². The van der Waals surface area contributed by atoms with Gasteiger partial charge < -0.3 is 10.2 Å². The van der Waals surface area contributed by atoms with Crippen molar-refractivity contribution >= 4 is 17.3 Å². The van der Waals surface area contributed by atoms with Crippen LogP contribution in [0.3, 0.4) is 0 Å². The van der Waals surface area contributed by atoms with Crippen LogP contribution >= 0.6 is 0 Å². The largest absolute Gasteiger partial charge is 0.366 e. The number of hydrogen-bond donors (Lipinski definition) is 1.